The Morgan fingerprint density at radius 1 is 0.783 bits per heavy atom. The first kappa shape index (κ1) is 28.6. The summed E-state index contributed by atoms with van der Waals surface area (Å²) in [5.41, 5.74) is -0.807. The summed E-state index contributed by atoms with van der Waals surface area (Å²) in [6.07, 6.45) is 3.52. The van der Waals surface area contributed by atoms with Crippen LogP contribution in [0, 0.1) is 0 Å². The van der Waals surface area contributed by atoms with Crippen molar-refractivity contribution >= 4 is 15.2 Å². The number of hydrogen-bond donors (Lipinski definition) is 0. The van der Waals surface area contributed by atoms with Gasteiger partial charge in [-0.05, 0) is 12.8 Å². The molecule has 0 amide bonds. The first-order valence-corrected chi connectivity index (χ1v) is 11.1. The molecule has 0 saturated carbocycles. The van der Waals surface area contributed by atoms with E-state index in [1.54, 1.807) is 27.7 Å². The summed E-state index contributed by atoms with van der Waals surface area (Å²) in [6.45, 7) is 11.1. The monoisotopic (exact) mass is 417 g/mol. The molecule has 2 atom stereocenters. The van der Waals surface area contributed by atoms with Gasteiger partial charge in [0.2, 0.25) is 0 Å². The molecule has 9 heteroatoms. The Balaban J connectivity index is -0.000000333. The molecule has 0 N–H and O–H groups in total. The topological polar surface area (TPSA) is 98.7 Å². The molecule has 0 aliphatic heterocycles. The van der Waals surface area contributed by atoms with Crippen LogP contribution in [0.25, 0.3) is 0 Å². The third kappa shape index (κ3) is 16.0. The summed E-state index contributed by atoms with van der Waals surface area (Å²) < 4.78 is 31.5. The Hall–Kier alpha value is 0.806. The molecular formula is C14H32CoO6P2. The fraction of sp³-hybridized carbons (Fsp3) is 1.00. The van der Waals surface area contributed by atoms with E-state index < -0.39 is 26.5 Å². The minimum Gasteiger partial charge on any atom is -0.778 e. The molecule has 0 aromatic carbocycles. The van der Waals surface area contributed by atoms with Crippen LogP contribution in [0.5, 0.6) is 0 Å². The zero-order valence-corrected chi connectivity index (χ0v) is 17.9. The van der Waals surface area contributed by atoms with E-state index in [1.165, 1.54) is 0 Å². The Kier molecular flexibility index (Phi) is 18.8. The van der Waals surface area contributed by atoms with E-state index >= 15 is 0 Å². The second-order valence-electron chi connectivity index (χ2n) is 5.64. The molecule has 0 rings (SSSR count). The van der Waals surface area contributed by atoms with E-state index in [9.17, 15) is 18.9 Å². The van der Waals surface area contributed by atoms with Crippen molar-refractivity contribution in [3.05, 3.63) is 0 Å². The average molecular weight is 417 g/mol. The molecule has 0 fully saturated rings. The zero-order chi connectivity index (χ0) is 17.8. The molecule has 1 radical (unpaired) electrons. The van der Waals surface area contributed by atoms with E-state index in [0.29, 0.717) is 13.2 Å². The summed E-state index contributed by atoms with van der Waals surface area (Å²) in [5.74, 6) is 0. The maximum atomic E-state index is 11.0. The van der Waals surface area contributed by atoms with E-state index in [-0.39, 0.29) is 16.8 Å². The van der Waals surface area contributed by atoms with Crippen LogP contribution >= 0.6 is 15.2 Å². The van der Waals surface area contributed by atoms with Gasteiger partial charge in [-0.3, -0.25) is 0 Å². The van der Waals surface area contributed by atoms with Gasteiger partial charge in [0.15, 0.2) is 0 Å². The molecule has 6 nitrogen and oxygen atoms in total. The molecule has 0 bridgehead atoms. The Morgan fingerprint density at radius 3 is 1.22 bits per heavy atom. The molecule has 0 aliphatic rings. The van der Waals surface area contributed by atoms with Crippen LogP contribution in [-0.2, 0) is 35.0 Å². The van der Waals surface area contributed by atoms with Crippen LogP contribution in [0.3, 0.4) is 0 Å². The maximum absolute atomic E-state index is 11.0. The fourth-order valence-corrected chi connectivity index (χ4v) is 2.33. The van der Waals surface area contributed by atoms with Gasteiger partial charge in [-0.2, -0.15) is 0 Å². The van der Waals surface area contributed by atoms with Gasteiger partial charge in [0.1, 0.15) is 15.2 Å². The second-order valence-corrected chi connectivity index (χ2v) is 10.4. The van der Waals surface area contributed by atoms with Gasteiger partial charge in [-0.1, -0.05) is 54.4 Å². The van der Waals surface area contributed by atoms with E-state index in [2.05, 4.69) is 0 Å². The van der Waals surface area contributed by atoms with Crippen molar-refractivity contribution in [2.75, 3.05) is 13.2 Å². The summed E-state index contributed by atoms with van der Waals surface area (Å²) in [6, 6.07) is 0. The molecule has 0 saturated heterocycles. The van der Waals surface area contributed by atoms with E-state index in [1.807, 2.05) is 13.8 Å². The van der Waals surface area contributed by atoms with E-state index in [4.69, 9.17) is 9.05 Å². The van der Waals surface area contributed by atoms with Gasteiger partial charge in [-0.25, -0.2) is 0 Å². The maximum Gasteiger partial charge on any atom is 2.00 e. The molecule has 0 aromatic rings. The van der Waals surface area contributed by atoms with Gasteiger partial charge in [0.05, 0.1) is 13.2 Å². The third-order valence-corrected chi connectivity index (χ3v) is 6.42. The van der Waals surface area contributed by atoms with Gasteiger partial charge in [-0.15, -0.1) is 0 Å². The first-order chi connectivity index (χ1) is 10.0. The molecule has 0 spiro atoms. The van der Waals surface area contributed by atoms with Gasteiger partial charge >= 0.3 is 16.8 Å². The predicted molar refractivity (Wildman–Crippen MR) is 87.2 cm³/mol. The van der Waals surface area contributed by atoms with Crippen LogP contribution in [0.4, 0.5) is 0 Å². The van der Waals surface area contributed by atoms with Crippen LogP contribution in [-0.4, -0.2) is 24.5 Å². The normalized spacial score (nSPS) is 16.1. The molecule has 0 aromatic heterocycles. The standard InChI is InChI=1S/2C7H17O3P.Co/c2*1-4-5-6-10-11(8,9)7(2)3;/h2*7H,4-6H2,1-3H3,(H,8,9);/q;;+2/p-2. The fourth-order valence-electron chi connectivity index (χ4n) is 0.970. The third-order valence-electron chi connectivity index (χ3n) is 2.80. The van der Waals surface area contributed by atoms with E-state index in [0.717, 1.165) is 25.7 Å². The van der Waals surface area contributed by atoms with Crippen LogP contribution in [0.15, 0.2) is 0 Å². The predicted octanol–water partition coefficient (Wildman–Crippen LogP) is 3.53. The minimum absolute atomic E-state index is 0. The summed E-state index contributed by atoms with van der Waals surface area (Å²) in [5, 5.41) is 0. The first-order valence-electron chi connectivity index (χ1n) is 7.91. The van der Waals surface area contributed by atoms with Crippen molar-refractivity contribution in [2.45, 2.75) is 78.5 Å². The van der Waals surface area contributed by atoms with Crippen molar-refractivity contribution in [1.82, 2.24) is 0 Å². The summed E-state index contributed by atoms with van der Waals surface area (Å²) >= 11 is 0. The van der Waals surface area contributed by atoms with Crippen LogP contribution in [0.1, 0.15) is 67.2 Å². The van der Waals surface area contributed by atoms with Crippen LogP contribution < -0.4 is 9.79 Å². The Bertz CT molecular complexity index is 329. The Morgan fingerprint density at radius 2 is 1.04 bits per heavy atom. The second kappa shape index (κ2) is 15.1. The minimum atomic E-state index is -3.54. The molecular weight excluding hydrogens is 385 g/mol. The van der Waals surface area contributed by atoms with Crippen LogP contribution in [0.2, 0.25) is 0 Å². The number of hydrogen-bond acceptors (Lipinski definition) is 6. The number of rotatable bonds is 10. The summed E-state index contributed by atoms with van der Waals surface area (Å²) in [4.78, 5) is 22.0. The number of unbranched alkanes of at least 4 members (excludes halogenated alkanes) is 2. The molecule has 23 heavy (non-hydrogen) atoms. The quantitative estimate of drug-likeness (QED) is 0.398. The van der Waals surface area contributed by atoms with Crippen molar-refractivity contribution in [3.8, 4) is 0 Å². The smallest absolute Gasteiger partial charge is 0.778 e. The summed E-state index contributed by atoms with van der Waals surface area (Å²) in [7, 11) is -7.09. The zero-order valence-electron chi connectivity index (χ0n) is 15.1. The SMILES string of the molecule is CCCCOP(=O)([O-])C(C)C.CCCCOP(=O)([O-])C(C)C.[Co+2]. The molecule has 0 aliphatic carbocycles. The van der Waals surface area contributed by atoms with Gasteiger partial charge < -0.3 is 28.0 Å². The largest absolute Gasteiger partial charge is 2.00 e. The van der Waals surface area contributed by atoms with Crippen molar-refractivity contribution in [3.63, 3.8) is 0 Å². The van der Waals surface area contributed by atoms with Gasteiger partial charge in [0, 0.05) is 11.3 Å². The van der Waals surface area contributed by atoms with Crippen molar-refractivity contribution in [1.29, 1.82) is 0 Å². The molecule has 0 heterocycles. The molecule has 2 unspecified atom stereocenters. The van der Waals surface area contributed by atoms with Crippen molar-refractivity contribution < 1.29 is 44.7 Å². The van der Waals surface area contributed by atoms with Gasteiger partial charge in [0.25, 0.3) is 0 Å². The van der Waals surface area contributed by atoms with Crippen molar-refractivity contribution in [2.24, 2.45) is 0 Å². The molecule has 143 valence electrons. The average Bonchev–Trinajstić information content (AvgIpc) is 2.39. The Labute approximate surface area is 152 Å².